The number of ether oxygens (including phenoxy) is 1. The Morgan fingerprint density at radius 2 is 1.76 bits per heavy atom. The zero-order chi connectivity index (χ0) is 31.7. The smallest absolute Gasteiger partial charge is 0.313 e. The molecule has 5 bridgehead atoms. The van der Waals surface area contributed by atoms with E-state index in [1.165, 1.54) is 50.5 Å². The summed E-state index contributed by atoms with van der Waals surface area (Å²) < 4.78 is 6.25. The Morgan fingerprint density at radius 1 is 0.978 bits per heavy atom. The lowest BCUT2D eigenvalue weighted by Crippen LogP contribution is -2.57. The van der Waals surface area contributed by atoms with E-state index >= 15 is 0 Å². The molecule has 45 heavy (non-hydrogen) atoms. The van der Waals surface area contributed by atoms with Crippen molar-refractivity contribution in [2.45, 2.75) is 123 Å². The summed E-state index contributed by atoms with van der Waals surface area (Å²) in [5.74, 6) is 3.38. The Hall–Kier alpha value is -1.91. The molecule has 1 aromatic heterocycles. The zero-order valence-corrected chi connectivity index (χ0v) is 29.4. The number of esters is 1. The molecule has 0 radical (unpaired) electrons. The van der Waals surface area contributed by atoms with Crippen molar-refractivity contribution < 1.29 is 14.6 Å². The summed E-state index contributed by atoms with van der Waals surface area (Å²) >= 11 is 1.69. The van der Waals surface area contributed by atoms with Crippen molar-refractivity contribution in [3.8, 4) is 0 Å². The maximum Gasteiger partial charge on any atom is 0.313 e. The van der Waals surface area contributed by atoms with Crippen LogP contribution < -0.4 is 0 Å². The molecule has 244 valence electrons. The summed E-state index contributed by atoms with van der Waals surface area (Å²) in [5.41, 5.74) is 2.66. The fraction of sp³-hybridized carbons (Fsp3) is 0.683. The van der Waals surface area contributed by atoms with Gasteiger partial charge < -0.3 is 9.84 Å². The van der Waals surface area contributed by atoms with Crippen LogP contribution in [0.4, 0.5) is 0 Å². The van der Waals surface area contributed by atoms with E-state index in [4.69, 9.17) is 4.74 Å². The van der Waals surface area contributed by atoms with Crippen molar-refractivity contribution in [1.82, 2.24) is 0 Å². The van der Waals surface area contributed by atoms with Crippen LogP contribution in [0.25, 0.3) is 0 Å². The second kappa shape index (κ2) is 11.7. The lowest BCUT2D eigenvalue weighted by atomic mass is 9.43. The van der Waals surface area contributed by atoms with E-state index in [2.05, 4.69) is 82.5 Å². The highest BCUT2D eigenvalue weighted by Crippen LogP contribution is 2.70. The molecule has 11 atom stereocenters. The van der Waals surface area contributed by atoms with E-state index in [-0.39, 0.29) is 29.3 Å². The first-order chi connectivity index (χ1) is 21.5. The van der Waals surface area contributed by atoms with Gasteiger partial charge in [0.2, 0.25) is 0 Å². The zero-order valence-electron chi connectivity index (χ0n) is 28.6. The first kappa shape index (κ1) is 31.7. The molecule has 2 aromatic rings. The topological polar surface area (TPSA) is 46.5 Å². The van der Waals surface area contributed by atoms with E-state index in [1.54, 1.807) is 11.3 Å². The van der Waals surface area contributed by atoms with E-state index in [9.17, 15) is 9.90 Å². The van der Waals surface area contributed by atoms with Gasteiger partial charge in [-0.25, -0.2) is 0 Å². The Labute approximate surface area is 276 Å². The summed E-state index contributed by atoms with van der Waals surface area (Å²) in [4.78, 5) is 14.4. The normalized spacial score (nSPS) is 41.4. The second-order valence-corrected chi connectivity index (χ2v) is 17.8. The first-order valence-corrected chi connectivity index (χ1v) is 19.1. The highest BCUT2D eigenvalue weighted by atomic mass is 32.1. The fourth-order valence-electron chi connectivity index (χ4n) is 11.6. The van der Waals surface area contributed by atoms with Gasteiger partial charge in [0.15, 0.2) is 0 Å². The molecule has 2 aliphatic heterocycles. The van der Waals surface area contributed by atoms with Crippen LogP contribution in [0, 0.1) is 52.3 Å². The molecule has 0 unspecified atom stereocenters. The molecule has 0 spiro atoms. The van der Waals surface area contributed by atoms with Gasteiger partial charge in [0, 0.05) is 17.2 Å². The largest absolute Gasteiger partial charge is 0.462 e. The van der Waals surface area contributed by atoms with E-state index < -0.39 is 5.60 Å². The molecule has 8 rings (SSSR count). The van der Waals surface area contributed by atoms with E-state index in [0.717, 1.165) is 53.0 Å². The maximum absolute atomic E-state index is 13.5. The molecule has 3 fully saturated rings. The molecule has 6 aliphatic rings. The highest BCUT2D eigenvalue weighted by molar-refractivity contribution is 7.10. The number of carbonyl (C=O) groups excluding carboxylic acids is 1. The minimum atomic E-state index is -1.11. The van der Waals surface area contributed by atoms with Gasteiger partial charge in [-0.1, -0.05) is 95.9 Å². The number of hydrogen-bond donors (Lipinski definition) is 1. The molecule has 3 saturated carbocycles. The van der Waals surface area contributed by atoms with E-state index in [0.29, 0.717) is 23.2 Å². The highest BCUT2D eigenvalue weighted by Gasteiger charge is 2.64. The van der Waals surface area contributed by atoms with Crippen LogP contribution in [0.15, 0.2) is 53.4 Å². The Morgan fingerprint density at radius 3 is 2.47 bits per heavy atom. The van der Waals surface area contributed by atoms with Gasteiger partial charge in [-0.05, 0) is 114 Å². The minimum Gasteiger partial charge on any atom is -0.462 e. The van der Waals surface area contributed by atoms with Gasteiger partial charge >= 0.3 is 5.97 Å². The van der Waals surface area contributed by atoms with Crippen molar-refractivity contribution in [1.29, 1.82) is 0 Å². The number of rotatable bonds is 6. The van der Waals surface area contributed by atoms with Crippen LogP contribution in [0.1, 0.15) is 128 Å². The number of thiophene rings is 1. The predicted octanol–water partition coefficient (Wildman–Crippen LogP) is 10.3. The summed E-state index contributed by atoms with van der Waals surface area (Å²) in [6.07, 6.45) is 14.4. The van der Waals surface area contributed by atoms with Gasteiger partial charge in [0.1, 0.15) is 11.7 Å². The summed E-state index contributed by atoms with van der Waals surface area (Å²) in [6, 6.07) is 12.6. The number of fused-ring (bicyclic) bond motifs is 8. The van der Waals surface area contributed by atoms with Crippen molar-refractivity contribution >= 4 is 17.3 Å². The third kappa shape index (κ3) is 5.02. The van der Waals surface area contributed by atoms with Crippen LogP contribution >= 0.6 is 11.3 Å². The molecule has 1 aromatic carbocycles. The van der Waals surface area contributed by atoms with Crippen molar-refractivity contribution in [2.75, 3.05) is 0 Å². The number of benzene rings is 1. The standard InChI is InChI=1S/C41H56O3S/c1-25(2)9-7-10-26(3)32-16-17-33-37-34(19-21-40(32,33)6)39(5)20-18-31-23-30(39)24-35(37)41(43,36-11-8-22-45-36)29-14-12-28(13-15-29)27(4)38(42)44-31/h8,11-15,22,24-27,31-35,37,43H,7,9-10,16-21,23H2,1-6H3/t26-,27-,31-,32-,33+,34+,35-,37+,39+,40-,41-/m1/s1. The molecular weight excluding hydrogens is 573 g/mol. The van der Waals surface area contributed by atoms with Crippen LogP contribution in [-0.4, -0.2) is 17.2 Å². The molecule has 1 N–H and O–H groups in total. The van der Waals surface area contributed by atoms with E-state index in [1.807, 2.05) is 6.92 Å². The minimum absolute atomic E-state index is 0.0117. The molecule has 3 nitrogen and oxygen atoms in total. The quantitative estimate of drug-likeness (QED) is 0.256. The lowest BCUT2D eigenvalue weighted by Gasteiger charge is -2.62. The monoisotopic (exact) mass is 628 g/mol. The van der Waals surface area contributed by atoms with Gasteiger partial charge in [-0.15, -0.1) is 11.3 Å². The average Bonchev–Trinajstić information content (AvgIpc) is 3.68. The molecule has 3 heterocycles. The summed E-state index contributed by atoms with van der Waals surface area (Å²) in [6.45, 7) is 14.4. The number of hydrogen-bond acceptors (Lipinski definition) is 4. The molecule has 4 aliphatic carbocycles. The Kier molecular flexibility index (Phi) is 8.20. The lowest BCUT2D eigenvalue weighted by molar-refractivity contribution is -0.154. The van der Waals surface area contributed by atoms with Crippen LogP contribution in [0.2, 0.25) is 0 Å². The van der Waals surface area contributed by atoms with Gasteiger partial charge in [0.05, 0.1) is 5.92 Å². The average molecular weight is 629 g/mol. The maximum atomic E-state index is 13.5. The molecule has 0 amide bonds. The fourth-order valence-corrected chi connectivity index (χ4v) is 12.5. The third-order valence-corrected chi connectivity index (χ3v) is 15.2. The Balaban J connectivity index is 1.36. The number of carbonyl (C=O) groups is 1. The first-order valence-electron chi connectivity index (χ1n) is 18.2. The van der Waals surface area contributed by atoms with Gasteiger partial charge in [0.25, 0.3) is 0 Å². The van der Waals surface area contributed by atoms with Crippen molar-refractivity contribution in [2.24, 2.45) is 52.3 Å². The SMILES string of the molecule is CC(C)CCC[C@@H](C)[C@H]1CC[C@H]2[C@@H]3[C@H]4C=C5C[C@@H](CC[C@]5(C)[C@H]3CC[C@]12C)OC(=O)[C@H](C)c1ccc(cc1)[C@]4(O)c1cccs1. The molecule has 0 saturated heterocycles. The number of aliphatic hydroxyl groups is 1. The van der Waals surface area contributed by atoms with Crippen molar-refractivity contribution in [3.63, 3.8) is 0 Å². The van der Waals surface area contributed by atoms with Gasteiger partial charge in [-0.3, -0.25) is 4.79 Å². The predicted molar refractivity (Wildman–Crippen MR) is 184 cm³/mol. The summed E-state index contributed by atoms with van der Waals surface area (Å²) in [7, 11) is 0. The second-order valence-electron chi connectivity index (χ2n) is 16.8. The van der Waals surface area contributed by atoms with Crippen LogP contribution in [0.5, 0.6) is 0 Å². The molecular formula is C41H56O3S. The van der Waals surface area contributed by atoms with Crippen LogP contribution in [0.3, 0.4) is 0 Å². The van der Waals surface area contributed by atoms with Crippen molar-refractivity contribution in [3.05, 3.63) is 69.4 Å². The Bertz CT molecular complexity index is 1410. The molecule has 4 heteroatoms. The van der Waals surface area contributed by atoms with Gasteiger partial charge in [-0.2, -0.15) is 0 Å². The summed E-state index contributed by atoms with van der Waals surface area (Å²) in [5, 5.41) is 15.6. The van der Waals surface area contributed by atoms with Crippen LogP contribution in [-0.2, 0) is 15.1 Å². The third-order valence-electron chi connectivity index (χ3n) is 14.2.